The Labute approximate surface area is 138 Å². The zero-order chi connectivity index (χ0) is 15.7. The second-order valence-electron chi connectivity index (χ2n) is 5.58. The van der Waals surface area contributed by atoms with Gasteiger partial charge >= 0.3 is 0 Å². The second-order valence-corrected chi connectivity index (χ2v) is 7.02. The molecule has 2 aromatic rings. The molecule has 0 spiro atoms. The highest BCUT2D eigenvalue weighted by Crippen LogP contribution is 2.30. The lowest BCUT2D eigenvalue weighted by atomic mass is 10.1. The Kier molecular flexibility index (Phi) is 4.47. The van der Waals surface area contributed by atoms with Crippen LogP contribution in [0.3, 0.4) is 0 Å². The van der Waals surface area contributed by atoms with E-state index in [9.17, 15) is 4.79 Å². The Morgan fingerprint density at radius 2 is 2.18 bits per heavy atom. The summed E-state index contributed by atoms with van der Waals surface area (Å²) in [6.45, 7) is 4.07. The van der Waals surface area contributed by atoms with Crippen molar-refractivity contribution in [3.8, 4) is 10.6 Å². The summed E-state index contributed by atoms with van der Waals surface area (Å²) >= 11 is 7.36. The number of benzene rings is 1. The highest BCUT2D eigenvalue weighted by molar-refractivity contribution is 7.17. The van der Waals surface area contributed by atoms with Crippen molar-refractivity contribution in [1.82, 2.24) is 9.88 Å². The van der Waals surface area contributed by atoms with E-state index in [0.29, 0.717) is 17.5 Å². The van der Waals surface area contributed by atoms with E-state index in [-0.39, 0.29) is 5.91 Å². The van der Waals surface area contributed by atoms with Crippen molar-refractivity contribution in [3.05, 3.63) is 39.9 Å². The van der Waals surface area contributed by atoms with Crippen LogP contribution >= 0.6 is 22.9 Å². The number of thiazole rings is 1. The van der Waals surface area contributed by atoms with E-state index in [1.54, 1.807) is 0 Å². The molecule has 0 bridgehead atoms. The van der Waals surface area contributed by atoms with E-state index in [0.717, 1.165) is 40.7 Å². The lowest BCUT2D eigenvalue weighted by Crippen LogP contribution is -2.29. The van der Waals surface area contributed by atoms with Crippen LogP contribution in [0.2, 0.25) is 5.02 Å². The minimum atomic E-state index is 0.0752. The molecule has 1 unspecified atom stereocenters. The van der Waals surface area contributed by atoms with Gasteiger partial charge < -0.3 is 10.6 Å². The molecule has 0 saturated carbocycles. The number of halogens is 1. The minimum absolute atomic E-state index is 0.0752. The van der Waals surface area contributed by atoms with Crippen LogP contribution in [-0.2, 0) is 0 Å². The highest BCUT2D eigenvalue weighted by atomic mass is 35.5. The molecule has 1 saturated heterocycles. The normalized spacial score (nSPS) is 18.0. The molecule has 4 nitrogen and oxygen atoms in total. The first-order valence-electron chi connectivity index (χ1n) is 7.31. The fraction of sp³-hybridized carbons (Fsp3) is 0.375. The third kappa shape index (κ3) is 3.02. The zero-order valence-electron chi connectivity index (χ0n) is 12.4. The summed E-state index contributed by atoms with van der Waals surface area (Å²) in [7, 11) is 0. The van der Waals surface area contributed by atoms with Crippen LogP contribution in [0, 0.1) is 12.8 Å². The first-order chi connectivity index (χ1) is 10.6. The van der Waals surface area contributed by atoms with Crippen molar-refractivity contribution in [2.24, 2.45) is 11.7 Å². The first kappa shape index (κ1) is 15.5. The van der Waals surface area contributed by atoms with E-state index >= 15 is 0 Å². The van der Waals surface area contributed by atoms with Gasteiger partial charge in [0.25, 0.3) is 5.91 Å². The summed E-state index contributed by atoms with van der Waals surface area (Å²) in [4.78, 5) is 19.8. The quantitative estimate of drug-likeness (QED) is 0.937. The number of hydrogen-bond donors (Lipinski definition) is 1. The van der Waals surface area contributed by atoms with Gasteiger partial charge in [-0.2, -0.15) is 0 Å². The molecule has 0 radical (unpaired) electrons. The van der Waals surface area contributed by atoms with Gasteiger partial charge in [-0.15, -0.1) is 11.3 Å². The molecule has 1 aromatic heterocycles. The Morgan fingerprint density at radius 3 is 2.82 bits per heavy atom. The van der Waals surface area contributed by atoms with Crippen molar-refractivity contribution in [3.63, 3.8) is 0 Å². The topological polar surface area (TPSA) is 59.2 Å². The highest BCUT2D eigenvalue weighted by Gasteiger charge is 2.28. The monoisotopic (exact) mass is 335 g/mol. The smallest absolute Gasteiger partial charge is 0.265 e. The molecule has 1 aliphatic rings. The van der Waals surface area contributed by atoms with Crippen molar-refractivity contribution in [2.75, 3.05) is 19.6 Å². The van der Waals surface area contributed by atoms with E-state index < -0.39 is 0 Å². The summed E-state index contributed by atoms with van der Waals surface area (Å²) in [5, 5.41) is 1.55. The summed E-state index contributed by atoms with van der Waals surface area (Å²) < 4.78 is 0. The number of aryl methyl sites for hydroxylation is 1. The van der Waals surface area contributed by atoms with Gasteiger partial charge in [0, 0.05) is 23.7 Å². The molecule has 1 atom stereocenters. The Hall–Kier alpha value is -1.43. The van der Waals surface area contributed by atoms with Crippen LogP contribution in [0.4, 0.5) is 0 Å². The Balaban J connectivity index is 1.83. The van der Waals surface area contributed by atoms with Gasteiger partial charge in [0.1, 0.15) is 9.88 Å². The fourth-order valence-corrected chi connectivity index (χ4v) is 3.83. The Morgan fingerprint density at radius 1 is 1.45 bits per heavy atom. The molecular weight excluding hydrogens is 318 g/mol. The number of likely N-dealkylation sites (tertiary alicyclic amines) is 1. The number of carbonyl (C=O) groups is 1. The van der Waals surface area contributed by atoms with Crippen LogP contribution in [-0.4, -0.2) is 35.4 Å². The van der Waals surface area contributed by atoms with E-state index in [4.69, 9.17) is 17.3 Å². The van der Waals surface area contributed by atoms with Crippen molar-refractivity contribution in [2.45, 2.75) is 13.3 Å². The van der Waals surface area contributed by atoms with Crippen LogP contribution in [0.25, 0.3) is 10.6 Å². The predicted octanol–water partition coefficient (Wildman–Crippen LogP) is 3.19. The number of nitrogens with zero attached hydrogens (tertiary/aromatic N) is 2. The molecule has 0 aliphatic carbocycles. The average molecular weight is 336 g/mol. The summed E-state index contributed by atoms with van der Waals surface area (Å²) in [6.07, 6.45) is 0.990. The van der Waals surface area contributed by atoms with Crippen molar-refractivity contribution >= 4 is 28.8 Å². The minimum Gasteiger partial charge on any atom is -0.338 e. The number of aromatic nitrogens is 1. The molecule has 1 fully saturated rings. The summed E-state index contributed by atoms with van der Waals surface area (Å²) in [5.41, 5.74) is 7.47. The molecule has 116 valence electrons. The molecule has 3 rings (SSSR count). The fourth-order valence-electron chi connectivity index (χ4n) is 2.66. The van der Waals surface area contributed by atoms with Crippen LogP contribution < -0.4 is 5.73 Å². The van der Waals surface area contributed by atoms with Crippen LogP contribution in [0.5, 0.6) is 0 Å². The third-order valence-corrected chi connectivity index (χ3v) is 5.43. The molecule has 2 heterocycles. The van der Waals surface area contributed by atoms with Gasteiger partial charge in [-0.3, -0.25) is 4.79 Å². The summed E-state index contributed by atoms with van der Waals surface area (Å²) in [5.74, 6) is 0.499. The maximum Gasteiger partial charge on any atom is 0.265 e. The number of carbonyl (C=O) groups excluding carboxylic acids is 1. The first-order valence-corrected chi connectivity index (χ1v) is 8.50. The average Bonchev–Trinajstić information content (AvgIpc) is 3.14. The van der Waals surface area contributed by atoms with E-state index in [1.807, 2.05) is 36.1 Å². The van der Waals surface area contributed by atoms with Gasteiger partial charge in [0.15, 0.2) is 0 Å². The molecule has 22 heavy (non-hydrogen) atoms. The lowest BCUT2D eigenvalue weighted by molar-refractivity contribution is 0.0791. The number of amides is 1. The van der Waals surface area contributed by atoms with E-state index in [1.165, 1.54) is 11.3 Å². The maximum atomic E-state index is 12.7. The predicted molar refractivity (Wildman–Crippen MR) is 90.4 cm³/mol. The van der Waals surface area contributed by atoms with Gasteiger partial charge in [0.05, 0.1) is 5.69 Å². The van der Waals surface area contributed by atoms with Crippen molar-refractivity contribution < 1.29 is 4.79 Å². The number of hydrogen-bond acceptors (Lipinski definition) is 4. The summed E-state index contributed by atoms with van der Waals surface area (Å²) in [6, 6.07) is 7.52. The second kappa shape index (κ2) is 6.36. The third-order valence-electron chi connectivity index (χ3n) is 3.99. The van der Waals surface area contributed by atoms with Crippen LogP contribution in [0.15, 0.2) is 24.3 Å². The van der Waals surface area contributed by atoms with Crippen molar-refractivity contribution in [1.29, 1.82) is 0 Å². The van der Waals surface area contributed by atoms with Gasteiger partial charge in [-0.05, 0) is 37.9 Å². The van der Waals surface area contributed by atoms with Crippen LogP contribution in [0.1, 0.15) is 21.8 Å². The Bertz CT molecular complexity index is 683. The van der Waals surface area contributed by atoms with Gasteiger partial charge in [-0.1, -0.05) is 23.7 Å². The van der Waals surface area contributed by atoms with Gasteiger partial charge in [0.2, 0.25) is 0 Å². The number of nitrogens with two attached hydrogens (primary N) is 1. The molecule has 6 heteroatoms. The van der Waals surface area contributed by atoms with Gasteiger partial charge in [-0.25, -0.2) is 4.98 Å². The standard InChI is InChI=1S/C16H18ClN3OS/c1-10-14(16(21)20-7-6-11(8-18)9-20)22-15(19-10)12-2-4-13(17)5-3-12/h2-5,11H,6-9,18H2,1H3. The molecule has 1 amide bonds. The molecule has 1 aromatic carbocycles. The number of rotatable bonds is 3. The molecular formula is C16H18ClN3OS. The SMILES string of the molecule is Cc1nc(-c2ccc(Cl)cc2)sc1C(=O)N1CCC(CN)C1. The molecule has 1 aliphatic heterocycles. The largest absolute Gasteiger partial charge is 0.338 e. The molecule has 2 N–H and O–H groups in total. The van der Waals surface area contributed by atoms with E-state index in [2.05, 4.69) is 4.98 Å². The lowest BCUT2D eigenvalue weighted by Gasteiger charge is -2.15. The maximum absolute atomic E-state index is 12.7. The zero-order valence-corrected chi connectivity index (χ0v) is 14.0.